The summed E-state index contributed by atoms with van der Waals surface area (Å²) in [5.41, 5.74) is -0.269. The summed E-state index contributed by atoms with van der Waals surface area (Å²) in [6, 6.07) is 1.89. The van der Waals surface area contributed by atoms with E-state index in [0.717, 1.165) is 12.8 Å². The second-order valence-corrected chi connectivity index (χ2v) is 7.61. The highest BCUT2D eigenvalue weighted by molar-refractivity contribution is 7.99. The van der Waals surface area contributed by atoms with Crippen LogP contribution in [0.3, 0.4) is 0 Å². The fraction of sp³-hybridized carbons (Fsp3) is 0.625. The molecule has 7 nitrogen and oxygen atoms in total. The van der Waals surface area contributed by atoms with Crippen molar-refractivity contribution in [2.75, 3.05) is 25.4 Å². The molecule has 0 aliphatic carbocycles. The first kappa shape index (κ1) is 17.0. The lowest BCUT2D eigenvalue weighted by molar-refractivity contribution is -0.129. The van der Waals surface area contributed by atoms with Crippen LogP contribution in [0.1, 0.15) is 26.7 Å². The third-order valence-electron chi connectivity index (χ3n) is 4.45. The lowest BCUT2D eigenvalue weighted by Gasteiger charge is -2.40. The van der Waals surface area contributed by atoms with Gasteiger partial charge < -0.3 is 9.64 Å². The van der Waals surface area contributed by atoms with Crippen molar-refractivity contribution in [1.82, 2.24) is 19.8 Å². The van der Waals surface area contributed by atoms with Crippen LogP contribution in [0.4, 0.5) is 4.79 Å². The Morgan fingerprint density at radius 2 is 2.00 bits per heavy atom. The van der Waals surface area contributed by atoms with E-state index < -0.39 is 0 Å². The Morgan fingerprint density at radius 3 is 2.58 bits per heavy atom. The standard InChI is InChI=1S/C16H22N4O3S/c1-16(2)11-23-15(22)20(16)12-4-8-19(9-5-12)13(21)10-24-14-17-6-3-7-18-14/h3,6-7,12H,4-5,8-11H2,1-2H3. The van der Waals surface area contributed by atoms with Crippen molar-refractivity contribution in [3.05, 3.63) is 18.5 Å². The lowest BCUT2D eigenvalue weighted by atomic mass is 9.97. The number of likely N-dealkylation sites (tertiary alicyclic amines) is 1. The zero-order chi connectivity index (χ0) is 17.2. The maximum atomic E-state index is 12.3. The molecule has 0 unspecified atom stereocenters. The minimum Gasteiger partial charge on any atom is -0.447 e. The van der Waals surface area contributed by atoms with Crippen LogP contribution in [0.15, 0.2) is 23.6 Å². The molecule has 0 saturated carbocycles. The number of carbonyl (C=O) groups is 2. The van der Waals surface area contributed by atoms with Gasteiger partial charge in [0.25, 0.3) is 0 Å². The van der Waals surface area contributed by atoms with Gasteiger partial charge in [-0.05, 0) is 32.8 Å². The maximum Gasteiger partial charge on any atom is 0.410 e. The molecule has 0 bridgehead atoms. The molecule has 3 heterocycles. The predicted octanol–water partition coefficient (Wildman–Crippen LogP) is 1.79. The normalized spacial score (nSPS) is 21.0. The number of cyclic esters (lactones) is 1. The van der Waals surface area contributed by atoms with Crippen LogP contribution in [-0.4, -0.2) is 68.8 Å². The van der Waals surface area contributed by atoms with Crippen LogP contribution in [-0.2, 0) is 9.53 Å². The average Bonchev–Trinajstić information content (AvgIpc) is 2.87. The maximum absolute atomic E-state index is 12.3. The Kier molecular flexibility index (Phi) is 4.93. The summed E-state index contributed by atoms with van der Waals surface area (Å²) < 4.78 is 5.19. The van der Waals surface area contributed by atoms with Gasteiger partial charge in [0.05, 0.1) is 11.3 Å². The van der Waals surface area contributed by atoms with Crippen molar-refractivity contribution in [1.29, 1.82) is 0 Å². The van der Waals surface area contributed by atoms with Crippen LogP contribution in [0.5, 0.6) is 0 Å². The van der Waals surface area contributed by atoms with Crippen molar-refractivity contribution >= 4 is 23.8 Å². The molecule has 1 aromatic rings. The van der Waals surface area contributed by atoms with E-state index in [0.29, 0.717) is 30.6 Å². The van der Waals surface area contributed by atoms with Crippen molar-refractivity contribution in [3.63, 3.8) is 0 Å². The molecule has 130 valence electrons. The molecule has 0 spiro atoms. The molecule has 0 atom stereocenters. The molecule has 0 radical (unpaired) electrons. The van der Waals surface area contributed by atoms with Gasteiger partial charge in [-0.15, -0.1) is 0 Å². The zero-order valence-electron chi connectivity index (χ0n) is 14.0. The Bertz CT molecular complexity index is 603. The second-order valence-electron chi connectivity index (χ2n) is 6.67. The molecule has 8 heteroatoms. The number of hydrogen-bond donors (Lipinski definition) is 0. The first-order valence-electron chi connectivity index (χ1n) is 8.11. The fourth-order valence-corrected chi connectivity index (χ4v) is 3.92. The molecule has 3 rings (SSSR count). The van der Waals surface area contributed by atoms with Gasteiger partial charge in [-0.2, -0.15) is 0 Å². The molecular formula is C16H22N4O3S. The van der Waals surface area contributed by atoms with E-state index in [1.807, 2.05) is 23.6 Å². The van der Waals surface area contributed by atoms with E-state index in [4.69, 9.17) is 4.74 Å². The molecule has 1 aromatic heterocycles. The van der Waals surface area contributed by atoms with Gasteiger partial charge in [-0.25, -0.2) is 14.8 Å². The van der Waals surface area contributed by atoms with Crippen LogP contribution in [0, 0.1) is 0 Å². The molecule has 2 amide bonds. The molecular weight excluding hydrogens is 328 g/mol. The van der Waals surface area contributed by atoms with Crippen LogP contribution in [0.25, 0.3) is 0 Å². The Morgan fingerprint density at radius 1 is 1.33 bits per heavy atom. The highest BCUT2D eigenvalue weighted by Crippen LogP contribution is 2.30. The fourth-order valence-electron chi connectivity index (χ4n) is 3.22. The molecule has 2 fully saturated rings. The number of aromatic nitrogens is 2. The lowest BCUT2D eigenvalue weighted by Crippen LogP contribution is -2.53. The van der Waals surface area contributed by atoms with E-state index in [2.05, 4.69) is 9.97 Å². The van der Waals surface area contributed by atoms with Gasteiger partial charge in [0.1, 0.15) is 6.61 Å². The number of hydrogen-bond acceptors (Lipinski definition) is 6. The average molecular weight is 350 g/mol. The number of piperidine rings is 1. The first-order chi connectivity index (χ1) is 11.5. The van der Waals surface area contributed by atoms with Gasteiger partial charge in [0.2, 0.25) is 5.91 Å². The molecule has 2 aliphatic heterocycles. The number of carbonyl (C=O) groups excluding carboxylic acids is 2. The van der Waals surface area contributed by atoms with E-state index >= 15 is 0 Å². The third kappa shape index (κ3) is 3.63. The summed E-state index contributed by atoms with van der Waals surface area (Å²) in [4.78, 5) is 36.2. The van der Waals surface area contributed by atoms with Gasteiger partial charge in [-0.1, -0.05) is 11.8 Å². The van der Waals surface area contributed by atoms with Gasteiger partial charge >= 0.3 is 6.09 Å². The number of ether oxygens (including phenoxy) is 1. The molecule has 0 N–H and O–H groups in total. The Labute approximate surface area is 145 Å². The van der Waals surface area contributed by atoms with Crippen LogP contribution in [0.2, 0.25) is 0 Å². The van der Waals surface area contributed by atoms with Crippen molar-refractivity contribution < 1.29 is 14.3 Å². The number of rotatable bonds is 4. The zero-order valence-corrected chi connectivity index (χ0v) is 14.8. The summed E-state index contributed by atoms with van der Waals surface area (Å²) in [5, 5.41) is 0.613. The predicted molar refractivity (Wildman–Crippen MR) is 89.6 cm³/mol. The molecule has 2 aliphatic rings. The minimum absolute atomic E-state index is 0.0918. The summed E-state index contributed by atoms with van der Waals surface area (Å²) >= 11 is 1.35. The third-order valence-corrected chi connectivity index (χ3v) is 5.31. The van der Waals surface area contributed by atoms with Gasteiger partial charge in [0.15, 0.2) is 5.16 Å². The molecule has 2 saturated heterocycles. The van der Waals surface area contributed by atoms with E-state index in [1.165, 1.54) is 11.8 Å². The summed E-state index contributed by atoms with van der Waals surface area (Å²) in [6.07, 6.45) is 4.68. The van der Waals surface area contributed by atoms with Gasteiger partial charge in [0, 0.05) is 31.5 Å². The molecule has 24 heavy (non-hydrogen) atoms. The quantitative estimate of drug-likeness (QED) is 0.609. The molecule has 0 aromatic carbocycles. The second kappa shape index (κ2) is 6.96. The summed E-state index contributed by atoms with van der Waals surface area (Å²) in [6.45, 7) is 5.80. The van der Waals surface area contributed by atoms with E-state index in [9.17, 15) is 9.59 Å². The Hall–Kier alpha value is -1.83. The SMILES string of the molecule is CC1(C)COC(=O)N1C1CCN(C(=O)CSc2ncccn2)CC1. The number of thioether (sulfide) groups is 1. The van der Waals surface area contributed by atoms with Crippen molar-refractivity contribution in [2.45, 2.75) is 43.4 Å². The summed E-state index contributed by atoms with van der Waals surface area (Å²) in [7, 11) is 0. The number of amides is 2. The van der Waals surface area contributed by atoms with E-state index in [-0.39, 0.29) is 23.6 Å². The van der Waals surface area contributed by atoms with Crippen LogP contribution < -0.4 is 0 Å². The first-order valence-corrected chi connectivity index (χ1v) is 9.09. The number of nitrogens with zero attached hydrogens (tertiary/aromatic N) is 4. The van der Waals surface area contributed by atoms with Gasteiger partial charge in [-0.3, -0.25) is 9.69 Å². The Balaban J connectivity index is 1.50. The minimum atomic E-state index is -0.269. The topological polar surface area (TPSA) is 75.6 Å². The van der Waals surface area contributed by atoms with Crippen LogP contribution >= 0.6 is 11.8 Å². The summed E-state index contributed by atoms with van der Waals surface area (Å²) in [5.74, 6) is 0.431. The largest absolute Gasteiger partial charge is 0.447 e. The van der Waals surface area contributed by atoms with Crippen molar-refractivity contribution in [2.24, 2.45) is 0 Å². The monoisotopic (exact) mass is 350 g/mol. The van der Waals surface area contributed by atoms with E-state index in [1.54, 1.807) is 18.5 Å². The highest BCUT2D eigenvalue weighted by atomic mass is 32.2. The smallest absolute Gasteiger partial charge is 0.410 e. The highest BCUT2D eigenvalue weighted by Gasteiger charge is 2.44. The van der Waals surface area contributed by atoms with Crippen molar-refractivity contribution in [3.8, 4) is 0 Å².